The van der Waals surface area contributed by atoms with Crippen LogP contribution in [-0.2, 0) is 6.42 Å². The van der Waals surface area contributed by atoms with E-state index in [-0.39, 0.29) is 28.4 Å². The van der Waals surface area contributed by atoms with Gasteiger partial charge < -0.3 is 32.3 Å². The van der Waals surface area contributed by atoms with E-state index in [1.54, 1.807) is 61.2 Å². The van der Waals surface area contributed by atoms with Crippen molar-refractivity contribution in [2.24, 2.45) is 11.5 Å². The number of Topliss-reactive ketones (excluding diaryl/α,β-unsaturated/α-hetero) is 4. The Bertz CT molecular complexity index is 4330. The van der Waals surface area contributed by atoms with Crippen LogP contribution in [0.5, 0.6) is 0 Å². The molecule has 624 valence electrons. The standard InChI is InChI=1S/C19H26N4O.C19H22N4O.C14H14IN3O.C10H13NO.C7H5ClO.C5H9N.C4H2Cl2N2.C4H2I2N2.C3H9N.C3H8/c2*1-23(2)15-7-11-18-21-14-12-19(22-18)20-13-6-10-17(24)16-8-4-3-5-9-16;15-14-17-10-8-13(18-14)16-9-4-7-12(19)11-5-2-1-3-6-11;11-8-4-7-10(12)9-5-2-1-3-6-9;8-7(9)6-4-2-1-3-5-6;1-4-5-6(2)3;2*5-3-1-2-7-4(6)8-3;1-2-3-4;1-3-2/h3-5,8-9,12,14H,6-7,10-11,13,15H2,1-2H3,(H,20,21,22);3-5,8-9,12,14H,6,10,13,15H2,1-2H3,(H,20,21,22);1-3,5-6,8,10H,4,7,9H2,(H,16,17,18);1-3,5-6H,4,7-8,11H2;1-5H;1H,5H2,2-3H3;2*1-2H;2-4H2,1H3;3H2,1-2H3. The van der Waals surface area contributed by atoms with Crippen LogP contribution in [0.25, 0.3) is 0 Å². The number of aryl methyl sites for hydroxylation is 1. The second-order valence-corrected chi connectivity index (χ2v) is 29.4. The number of hydrogen-bond acceptors (Lipinski definition) is 23. The fourth-order valence-corrected chi connectivity index (χ4v) is 10.7. The van der Waals surface area contributed by atoms with Crippen LogP contribution in [0, 0.1) is 35.5 Å². The van der Waals surface area contributed by atoms with Crippen LogP contribution < -0.4 is 27.4 Å². The van der Waals surface area contributed by atoms with Crippen molar-refractivity contribution in [1.82, 2.24) is 64.5 Å². The lowest BCUT2D eigenvalue weighted by molar-refractivity contribution is 0.0973. The van der Waals surface area contributed by atoms with Gasteiger partial charge in [0, 0.05) is 156 Å². The summed E-state index contributed by atoms with van der Waals surface area (Å²) in [5, 5.41) is 9.81. The van der Waals surface area contributed by atoms with E-state index >= 15 is 0 Å². The van der Waals surface area contributed by atoms with E-state index in [1.165, 1.54) is 12.6 Å². The fourth-order valence-electron chi connectivity index (χ4n) is 8.51. The van der Waals surface area contributed by atoms with Gasteiger partial charge in [-0.15, -0.1) is 6.42 Å². The summed E-state index contributed by atoms with van der Waals surface area (Å²) in [4.78, 5) is 104. The van der Waals surface area contributed by atoms with Crippen molar-refractivity contribution in [2.75, 3.05) is 111 Å². The zero-order valence-corrected chi connectivity index (χ0v) is 76.9. The topological polar surface area (TPSA) is 312 Å². The van der Waals surface area contributed by atoms with E-state index in [0.29, 0.717) is 65.7 Å². The van der Waals surface area contributed by atoms with Crippen molar-refractivity contribution in [2.45, 2.75) is 97.8 Å². The van der Waals surface area contributed by atoms with Gasteiger partial charge in [0.05, 0.1) is 13.1 Å². The van der Waals surface area contributed by atoms with Crippen LogP contribution in [0.15, 0.2) is 213 Å². The van der Waals surface area contributed by atoms with Gasteiger partial charge in [-0.2, -0.15) is 0 Å². The molecule has 0 saturated heterocycles. The second-order valence-electron chi connectivity index (χ2n) is 25.3. The summed E-state index contributed by atoms with van der Waals surface area (Å²) in [6.07, 6.45) is 22.9. The number of carbonyl (C=O) groups excluding carboxylic acids is 5. The number of nitrogens with zero attached hydrogens (tertiary/aromatic N) is 13. The van der Waals surface area contributed by atoms with Crippen LogP contribution in [0.2, 0.25) is 10.4 Å². The number of anilines is 3. The molecule has 0 amide bonds. The third-order valence-electron chi connectivity index (χ3n) is 14.1. The summed E-state index contributed by atoms with van der Waals surface area (Å²) in [5.74, 6) is 12.9. The van der Waals surface area contributed by atoms with Crippen molar-refractivity contribution < 1.29 is 24.0 Å². The Hall–Kier alpha value is -8.77. The molecule has 7 N–H and O–H groups in total. The number of halogens is 6. The van der Waals surface area contributed by atoms with Gasteiger partial charge in [0.15, 0.2) is 30.8 Å². The highest BCUT2D eigenvalue weighted by atomic mass is 127. The molecule has 23 nitrogen and oxygen atoms in total. The van der Waals surface area contributed by atoms with Crippen LogP contribution in [0.4, 0.5) is 17.5 Å². The van der Waals surface area contributed by atoms with E-state index < -0.39 is 5.24 Å². The second kappa shape index (κ2) is 70.3. The predicted octanol–water partition coefficient (Wildman–Crippen LogP) is 17.8. The smallest absolute Gasteiger partial charge is 0.252 e. The number of aromatic nitrogens is 10. The lowest BCUT2D eigenvalue weighted by Gasteiger charge is -2.09. The number of nitrogens with two attached hydrogens (primary N) is 2. The molecule has 29 heteroatoms. The molecule has 5 aromatic heterocycles. The van der Waals surface area contributed by atoms with Crippen molar-refractivity contribution in [3.05, 3.63) is 274 Å². The molecule has 0 unspecified atom stereocenters. The Morgan fingerprint density at radius 3 is 1.14 bits per heavy atom. The largest absolute Gasteiger partial charge is 0.370 e. The van der Waals surface area contributed by atoms with E-state index in [1.807, 2.05) is 184 Å². The fraction of sp³-hybridized carbons (Fsp3) is 0.330. The molecule has 5 aromatic carbocycles. The zero-order valence-electron chi connectivity index (χ0n) is 68.2. The summed E-state index contributed by atoms with van der Waals surface area (Å²) in [5.41, 5.74) is 14.0. The maximum absolute atomic E-state index is 12.0. The minimum atomic E-state index is -0.407. The maximum Gasteiger partial charge on any atom is 0.252 e. The lowest BCUT2D eigenvalue weighted by Crippen LogP contribution is -2.14. The molecule has 0 atom stereocenters. The molecule has 0 saturated carbocycles. The summed E-state index contributed by atoms with van der Waals surface area (Å²) >= 11 is 22.2. The van der Waals surface area contributed by atoms with Crippen LogP contribution in [-0.4, -0.2) is 188 Å². The van der Waals surface area contributed by atoms with Crippen molar-refractivity contribution in [3.63, 3.8) is 0 Å². The highest BCUT2D eigenvalue weighted by molar-refractivity contribution is 14.1. The third kappa shape index (κ3) is 58.7. The molecule has 10 rings (SSSR count). The number of hydrogen-bond donors (Lipinski definition) is 5. The quantitative estimate of drug-likeness (QED) is 0.00531. The van der Waals surface area contributed by atoms with Gasteiger partial charge in [0.25, 0.3) is 5.24 Å². The van der Waals surface area contributed by atoms with Gasteiger partial charge >= 0.3 is 0 Å². The normalized spacial score (nSPS) is 9.74. The van der Waals surface area contributed by atoms with Gasteiger partial charge in [-0.1, -0.05) is 202 Å². The maximum atomic E-state index is 12.0. The first-order valence-electron chi connectivity index (χ1n) is 37.9. The first kappa shape index (κ1) is 106. The molecule has 0 fully saturated rings. The molecule has 0 bridgehead atoms. The van der Waals surface area contributed by atoms with Crippen LogP contribution in [0.3, 0.4) is 0 Å². The van der Waals surface area contributed by atoms with Gasteiger partial charge in [0.2, 0.25) is 11.1 Å². The van der Waals surface area contributed by atoms with Crippen LogP contribution in [0.1, 0.15) is 155 Å². The first-order valence-corrected chi connectivity index (χ1v) is 42.2. The van der Waals surface area contributed by atoms with Crippen molar-refractivity contribution >= 4 is 148 Å². The molecular weight excluding hydrogens is 1880 g/mol. The minimum Gasteiger partial charge on any atom is -0.370 e. The average molecular weight is 1990 g/mol. The van der Waals surface area contributed by atoms with Gasteiger partial charge in [-0.3, -0.25) is 33.8 Å². The molecule has 0 aliphatic carbocycles. The number of carbonyl (C=O) groups is 5. The Balaban J connectivity index is 0.000000688. The lowest BCUT2D eigenvalue weighted by atomic mass is 10.1. The zero-order chi connectivity index (χ0) is 86.5. The monoisotopic (exact) mass is 1980 g/mol. The number of ketones is 4. The number of benzene rings is 5. The predicted molar refractivity (Wildman–Crippen MR) is 505 cm³/mol. The first-order chi connectivity index (χ1) is 56.4. The average Bonchev–Trinajstić information content (AvgIpc) is 0.896. The highest BCUT2D eigenvalue weighted by Gasteiger charge is 2.09. The third-order valence-corrected chi connectivity index (χ3v) is 16.4. The Morgan fingerprint density at radius 1 is 0.436 bits per heavy atom. The van der Waals surface area contributed by atoms with E-state index in [2.05, 4.69) is 191 Å². The SMILES string of the molecule is C#CCN(C)C.CCC.CCCN.CN(C)CC#Cc1nccc(NCCCC(=O)c2ccccc2)n1.CN(C)CCCc1nccc(NCCCC(=O)c2ccccc2)n1.Clc1ccnc(Cl)n1.Ic1ccnc(I)n1.NCCCC(=O)c1ccccc1.O=C(CCCNc1ccnc(I)n1)c1ccccc1.O=C(Cl)c1ccccc1. The molecule has 0 aliphatic heterocycles. The van der Waals surface area contributed by atoms with Crippen molar-refractivity contribution in [3.8, 4) is 24.2 Å². The summed E-state index contributed by atoms with van der Waals surface area (Å²) in [6.45, 7) is 12.3. The molecule has 0 aliphatic rings. The molecule has 0 spiro atoms. The van der Waals surface area contributed by atoms with Gasteiger partial charge in [0.1, 0.15) is 32.1 Å². The molecule has 10 aromatic rings. The van der Waals surface area contributed by atoms with Crippen LogP contribution >= 0.6 is 103 Å². The Kier molecular flexibility index (Phi) is 63.8. The number of nitrogens with one attached hydrogen (secondary N) is 3. The Labute approximate surface area is 748 Å². The number of terminal acetylenes is 1. The minimum absolute atomic E-state index is 0.162. The summed E-state index contributed by atoms with van der Waals surface area (Å²) in [7, 11) is 11.9. The molecule has 117 heavy (non-hydrogen) atoms. The van der Waals surface area contributed by atoms with Gasteiger partial charge in [-0.25, -0.2) is 49.8 Å². The molecule has 5 heterocycles. The summed E-state index contributed by atoms with van der Waals surface area (Å²) in [6, 6.07) is 55.1. The van der Waals surface area contributed by atoms with E-state index in [0.717, 1.165) is 131 Å². The van der Waals surface area contributed by atoms with E-state index in [4.69, 9.17) is 52.7 Å². The van der Waals surface area contributed by atoms with Gasteiger partial charge in [-0.05, 0) is 182 Å². The van der Waals surface area contributed by atoms with E-state index in [9.17, 15) is 24.0 Å². The highest BCUT2D eigenvalue weighted by Crippen LogP contribution is 2.13. The molecule has 0 radical (unpaired) electrons. The molecular formula is C88H110Cl3I3N18O5. The Morgan fingerprint density at radius 2 is 0.812 bits per heavy atom. The number of rotatable bonds is 30. The summed E-state index contributed by atoms with van der Waals surface area (Å²) < 4.78 is 2.50. The van der Waals surface area contributed by atoms with Crippen molar-refractivity contribution in [1.29, 1.82) is 0 Å².